The van der Waals surface area contributed by atoms with Crippen LogP contribution in [0.5, 0.6) is 0 Å². The van der Waals surface area contributed by atoms with Crippen LogP contribution in [0, 0.1) is 17.3 Å². The van der Waals surface area contributed by atoms with Crippen molar-refractivity contribution in [1.29, 1.82) is 0 Å². The maximum atomic E-state index is 14.1. The van der Waals surface area contributed by atoms with E-state index in [4.69, 9.17) is 4.74 Å². The number of carbonyl (C=O) groups excluding carboxylic acids is 6. The summed E-state index contributed by atoms with van der Waals surface area (Å²) in [7, 11) is 1.21. The Morgan fingerprint density at radius 1 is 0.922 bits per heavy atom. The first kappa shape index (κ1) is 39.4. The van der Waals surface area contributed by atoms with Crippen LogP contribution in [-0.2, 0) is 23.9 Å². The van der Waals surface area contributed by atoms with E-state index in [0.717, 1.165) is 44.9 Å². The molecule has 51 heavy (non-hydrogen) atoms. The van der Waals surface area contributed by atoms with Crippen LogP contribution in [0.3, 0.4) is 0 Å². The summed E-state index contributed by atoms with van der Waals surface area (Å²) in [5, 5.41) is 25.0. The van der Waals surface area contributed by atoms with Crippen molar-refractivity contribution in [3.8, 4) is 0 Å². The molecule has 1 aliphatic heterocycles. The number of rotatable bonds is 14. The van der Waals surface area contributed by atoms with Crippen LogP contribution >= 0.6 is 0 Å². The van der Waals surface area contributed by atoms with Crippen molar-refractivity contribution in [2.75, 3.05) is 20.2 Å². The Morgan fingerprint density at radius 3 is 2.22 bits per heavy atom. The molecule has 1 aromatic heterocycles. The molecule has 16 heteroatoms. The highest BCUT2D eigenvalue weighted by Gasteiger charge is 2.45. The van der Waals surface area contributed by atoms with Gasteiger partial charge in [0.15, 0.2) is 6.10 Å². The fraction of sp³-hybridized carbons (Fsp3) is 0.714. The standard InChI is InChI=1S/C35H54N8O8/c1-6-10-23(27(44)32(48)38-21-13-14-21)39-29(45)22-18-43(34(50)51-5)19-25(22)40-33(49)28(35(2,3)4)42-31(47)26(20-11-8-7-9-12-20)41-30(46)24-17-36-15-16-37-24/h15-17,20-23,25-28,44H,6-14,18-19H2,1-5H3,(H,38,48)(H,39,45)(H,40,49)(H,41,46)(H,42,47)/t22-,23+,25+,26+,27?,28-/m1/s1. The molecule has 0 bridgehead atoms. The van der Waals surface area contributed by atoms with Gasteiger partial charge in [-0.2, -0.15) is 0 Å². The average Bonchev–Trinajstić information content (AvgIpc) is 3.83. The maximum absolute atomic E-state index is 14.1. The van der Waals surface area contributed by atoms with Gasteiger partial charge in [-0.1, -0.05) is 53.4 Å². The molecule has 6 amide bonds. The van der Waals surface area contributed by atoms with Crippen molar-refractivity contribution in [3.05, 3.63) is 24.3 Å². The molecule has 0 spiro atoms. The Hall–Kier alpha value is -4.34. The third-order valence-corrected chi connectivity index (χ3v) is 9.82. The molecule has 3 aliphatic rings. The summed E-state index contributed by atoms with van der Waals surface area (Å²) in [6.07, 6.45) is 8.85. The van der Waals surface area contributed by atoms with E-state index in [1.54, 1.807) is 20.8 Å². The van der Waals surface area contributed by atoms with E-state index in [1.165, 1.54) is 30.6 Å². The number of carbonyl (C=O) groups is 6. The van der Waals surface area contributed by atoms with Gasteiger partial charge in [0.2, 0.25) is 17.7 Å². The average molecular weight is 715 g/mol. The lowest BCUT2D eigenvalue weighted by atomic mass is 9.82. The molecule has 0 radical (unpaired) electrons. The summed E-state index contributed by atoms with van der Waals surface area (Å²) in [5.74, 6) is -3.88. The first-order chi connectivity index (χ1) is 24.2. The molecule has 6 N–H and O–H groups in total. The van der Waals surface area contributed by atoms with Crippen molar-refractivity contribution in [2.45, 2.75) is 122 Å². The third-order valence-electron chi connectivity index (χ3n) is 9.82. The van der Waals surface area contributed by atoms with E-state index in [2.05, 4.69) is 36.6 Å². The zero-order chi connectivity index (χ0) is 37.3. The first-order valence-corrected chi connectivity index (χ1v) is 18.0. The highest BCUT2D eigenvalue weighted by molar-refractivity contribution is 5.97. The number of ether oxygens (including phenoxy) is 1. The smallest absolute Gasteiger partial charge is 0.409 e. The number of amides is 6. The van der Waals surface area contributed by atoms with Gasteiger partial charge < -0.3 is 41.3 Å². The Bertz CT molecular complexity index is 1400. The van der Waals surface area contributed by atoms with E-state index in [1.807, 2.05) is 6.92 Å². The fourth-order valence-electron chi connectivity index (χ4n) is 6.77. The molecule has 4 rings (SSSR count). The molecule has 1 unspecified atom stereocenters. The van der Waals surface area contributed by atoms with E-state index < -0.39 is 77.2 Å². The predicted molar refractivity (Wildman–Crippen MR) is 185 cm³/mol. The summed E-state index contributed by atoms with van der Waals surface area (Å²) in [4.78, 5) is 89.5. The van der Waals surface area contributed by atoms with E-state index in [9.17, 15) is 33.9 Å². The van der Waals surface area contributed by atoms with Crippen LogP contribution in [0.4, 0.5) is 4.79 Å². The zero-order valence-corrected chi connectivity index (χ0v) is 30.3. The van der Waals surface area contributed by atoms with Crippen LogP contribution < -0.4 is 26.6 Å². The van der Waals surface area contributed by atoms with Gasteiger partial charge >= 0.3 is 6.09 Å². The number of aromatic nitrogens is 2. The number of nitrogens with zero attached hydrogens (tertiary/aromatic N) is 3. The molecule has 6 atom stereocenters. The minimum atomic E-state index is -1.48. The molecule has 282 valence electrons. The summed E-state index contributed by atoms with van der Waals surface area (Å²) >= 11 is 0. The van der Waals surface area contributed by atoms with Gasteiger partial charge in [-0.25, -0.2) is 9.78 Å². The Labute approximate surface area is 299 Å². The minimum Gasteiger partial charge on any atom is -0.453 e. The number of hydrogen-bond donors (Lipinski definition) is 6. The number of nitrogens with one attached hydrogen (secondary N) is 5. The number of methoxy groups -OCH3 is 1. The summed E-state index contributed by atoms with van der Waals surface area (Å²) in [6, 6.07) is -3.78. The Balaban J connectivity index is 1.51. The molecule has 0 aromatic carbocycles. The second-order valence-electron chi connectivity index (χ2n) is 15.0. The normalized spacial score (nSPS) is 21.7. The van der Waals surface area contributed by atoms with Gasteiger partial charge in [0.05, 0.1) is 31.3 Å². The molecule has 3 fully saturated rings. The highest BCUT2D eigenvalue weighted by Crippen LogP contribution is 2.28. The van der Waals surface area contributed by atoms with Gasteiger partial charge in [0, 0.05) is 31.5 Å². The largest absolute Gasteiger partial charge is 0.453 e. The predicted octanol–water partition coefficient (Wildman–Crippen LogP) is 0.794. The summed E-state index contributed by atoms with van der Waals surface area (Å²) < 4.78 is 4.90. The Kier molecular flexibility index (Phi) is 13.7. The zero-order valence-electron chi connectivity index (χ0n) is 30.3. The summed E-state index contributed by atoms with van der Waals surface area (Å²) in [6.45, 7) is 7.08. The number of hydrogen-bond acceptors (Lipinski definition) is 10. The number of likely N-dealkylation sites (tertiary alicyclic amines) is 1. The summed E-state index contributed by atoms with van der Waals surface area (Å²) in [5.41, 5.74) is -0.746. The van der Waals surface area contributed by atoms with Gasteiger partial charge in [-0.3, -0.25) is 29.0 Å². The van der Waals surface area contributed by atoms with E-state index in [0.29, 0.717) is 12.8 Å². The SMILES string of the molecule is CCC[C@H](NC(=O)[C@@H]1CN(C(=O)OC)C[C@@H]1NC(=O)[C@@H](NC(=O)[C@@H](NC(=O)c1cnccn1)C1CCCCC1)C(C)(C)C)C(O)C(=O)NC1CC1. The highest BCUT2D eigenvalue weighted by atomic mass is 16.5. The topological polar surface area (TPSA) is 221 Å². The second kappa shape index (κ2) is 17.7. The van der Waals surface area contributed by atoms with E-state index >= 15 is 0 Å². The number of aliphatic hydroxyl groups excluding tert-OH is 1. The van der Waals surface area contributed by atoms with Crippen LogP contribution in [0.25, 0.3) is 0 Å². The molecular weight excluding hydrogens is 660 g/mol. The third kappa shape index (κ3) is 10.8. The minimum absolute atomic E-state index is 0.0248. The lowest BCUT2D eigenvalue weighted by Gasteiger charge is -2.35. The fourth-order valence-corrected chi connectivity index (χ4v) is 6.77. The van der Waals surface area contributed by atoms with E-state index in [-0.39, 0.29) is 30.7 Å². The molecule has 1 aromatic rings. The first-order valence-electron chi connectivity index (χ1n) is 18.0. The van der Waals surface area contributed by atoms with Gasteiger partial charge in [0.25, 0.3) is 11.8 Å². The van der Waals surface area contributed by atoms with Crippen molar-refractivity contribution < 1.29 is 38.6 Å². The molecule has 16 nitrogen and oxygen atoms in total. The van der Waals surface area contributed by atoms with Crippen LogP contribution in [-0.4, -0.2) is 112 Å². The monoisotopic (exact) mass is 714 g/mol. The lowest BCUT2D eigenvalue weighted by molar-refractivity contribution is -0.135. The van der Waals surface area contributed by atoms with Crippen molar-refractivity contribution in [1.82, 2.24) is 41.5 Å². The van der Waals surface area contributed by atoms with Crippen LogP contribution in [0.2, 0.25) is 0 Å². The van der Waals surface area contributed by atoms with Crippen molar-refractivity contribution in [3.63, 3.8) is 0 Å². The van der Waals surface area contributed by atoms with Crippen LogP contribution in [0.1, 0.15) is 96.0 Å². The molecule has 1 saturated heterocycles. The maximum Gasteiger partial charge on any atom is 0.409 e. The molecule has 2 saturated carbocycles. The molecular formula is C35H54N8O8. The van der Waals surface area contributed by atoms with Gasteiger partial charge in [0.1, 0.15) is 17.8 Å². The molecule has 2 aliphatic carbocycles. The van der Waals surface area contributed by atoms with Crippen LogP contribution in [0.15, 0.2) is 18.6 Å². The quantitative estimate of drug-likeness (QED) is 0.159. The van der Waals surface area contributed by atoms with Crippen molar-refractivity contribution in [2.24, 2.45) is 17.3 Å². The van der Waals surface area contributed by atoms with Gasteiger partial charge in [-0.05, 0) is 43.4 Å². The Morgan fingerprint density at radius 2 is 1.63 bits per heavy atom. The molecule has 2 heterocycles. The van der Waals surface area contributed by atoms with Crippen molar-refractivity contribution >= 4 is 35.6 Å². The second-order valence-corrected chi connectivity index (χ2v) is 15.0. The lowest BCUT2D eigenvalue weighted by Crippen LogP contribution is -2.61. The number of aliphatic hydroxyl groups is 1. The van der Waals surface area contributed by atoms with Gasteiger partial charge in [-0.15, -0.1) is 0 Å².